The Bertz CT molecular complexity index is 143. The zero-order chi connectivity index (χ0) is 8.27. The Labute approximate surface area is 80.6 Å². The van der Waals surface area contributed by atoms with Gasteiger partial charge < -0.3 is 0 Å². The van der Waals surface area contributed by atoms with E-state index in [1.54, 1.807) is 0 Å². The predicted octanol–water partition coefficient (Wildman–Crippen LogP) is 3.10. The van der Waals surface area contributed by atoms with E-state index in [0.717, 1.165) is 0 Å². The summed E-state index contributed by atoms with van der Waals surface area (Å²) in [7, 11) is 0. The maximum absolute atomic E-state index is 10.5. The molecule has 0 N–H and O–H groups in total. The van der Waals surface area contributed by atoms with Crippen LogP contribution in [0.15, 0.2) is 0 Å². The maximum Gasteiger partial charge on any atom is 0.222 e. The molecule has 1 nitrogen and oxygen atoms in total. The predicted molar refractivity (Wildman–Crippen MR) is 50.2 cm³/mol. The van der Waals surface area contributed by atoms with Crippen LogP contribution in [0.2, 0.25) is 0 Å². The van der Waals surface area contributed by atoms with E-state index in [-0.39, 0.29) is 5.24 Å². The molecule has 1 aliphatic rings. The van der Waals surface area contributed by atoms with E-state index >= 15 is 0 Å². The van der Waals surface area contributed by atoms with E-state index < -0.39 is 0 Å². The van der Waals surface area contributed by atoms with Crippen LogP contribution in [0.4, 0.5) is 0 Å². The van der Waals surface area contributed by atoms with Crippen LogP contribution in [-0.2, 0) is 4.79 Å². The number of halogens is 2. The van der Waals surface area contributed by atoms with E-state index in [2.05, 4.69) is 15.9 Å². The van der Waals surface area contributed by atoms with Crippen molar-refractivity contribution in [2.24, 2.45) is 5.92 Å². The molecule has 0 spiro atoms. The summed E-state index contributed by atoms with van der Waals surface area (Å²) in [4.78, 5) is 10.9. The minimum absolute atomic E-state index is 0.223. The fraction of sp³-hybridized carbons (Fsp3) is 0.875. The van der Waals surface area contributed by atoms with Gasteiger partial charge >= 0.3 is 0 Å². The average Bonchev–Trinajstić information content (AvgIpc) is 2.35. The Morgan fingerprint density at radius 2 is 2.09 bits per heavy atom. The summed E-state index contributed by atoms with van der Waals surface area (Å²) in [6, 6.07) is 0. The first kappa shape index (κ1) is 9.53. The summed E-state index contributed by atoms with van der Waals surface area (Å²) in [5, 5.41) is -0.223. The van der Waals surface area contributed by atoms with Crippen molar-refractivity contribution < 1.29 is 4.79 Å². The molecular formula is C8H12BrClO. The number of alkyl halides is 1. The maximum atomic E-state index is 10.5. The second kappa shape index (κ2) is 4.46. The van der Waals surface area contributed by atoms with Crippen molar-refractivity contribution in [3.63, 3.8) is 0 Å². The van der Waals surface area contributed by atoms with Gasteiger partial charge in [-0.1, -0.05) is 28.8 Å². The SMILES string of the molecule is O=C(Cl)CC(Br)C1CCCC1. The van der Waals surface area contributed by atoms with Crippen molar-refractivity contribution in [2.45, 2.75) is 36.9 Å². The Morgan fingerprint density at radius 1 is 1.55 bits per heavy atom. The fourth-order valence-corrected chi connectivity index (χ4v) is 2.81. The highest BCUT2D eigenvalue weighted by atomic mass is 79.9. The van der Waals surface area contributed by atoms with Gasteiger partial charge in [0.2, 0.25) is 5.24 Å². The van der Waals surface area contributed by atoms with Crippen molar-refractivity contribution in [3.05, 3.63) is 0 Å². The third kappa shape index (κ3) is 3.12. The van der Waals surface area contributed by atoms with E-state index in [0.29, 0.717) is 17.2 Å². The first-order chi connectivity index (χ1) is 5.20. The summed E-state index contributed by atoms with van der Waals surface area (Å²) in [6.07, 6.45) is 5.60. The standard InChI is InChI=1S/C8H12BrClO/c9-7(5-8(10)11)6-3-1-2-4-6/h6-7H,1-5H2. The van der Waals surface area contributed by atoms with E-state index in [1.807, 2.05) is 0 Å². The van der Waals surface area contributed by atoms with Crippen LogP contribution in [0.25, 0.3) is 0 Å². The highest BCUT2D eigenvalue weighted by Gasteiger charge is 2.23. The number of carbonyl (C=O) groups is 1. The number of hydrogen-bond donors (Lipinski definition) is 0. The van der Waals surface area contributed by atoms with Crippen LogP contribution in [0.5, 0.6) is 0 Å². The normalized spacial score (nSPS) is 22.0. The van der Waals surface area contributed by atoms with E-state index in [1.165, 1.54) is 25.7 Å². The fourth-order valence-electron chi connectivity index (χ4n) is 1.64. The van der Waals surface area contributed by atoms with Crippen molar-refractivity contribution in [3.8, 4) is 0 Å². The van der Waals surface area contributed by atoms with Crippen molar-refractivity contribution in [2.75, 3.05) is 0 Å². The molecule has 1 fully saturated rings. The lowest BCUT2D eigenvalue weighted by molar-refractivity contribution is -0.111. The van der Waals surface area contributed by atoms with Crippen LogP contribution in [-0.4, -0.2) is 10.1 Å². The van der Waals surface area contributed by atoms with Gasteiger partial charge in [-0.3, -0.25) is 4.79 Å². The lowest BCUT2D eigenvalue weighted by atomic mass is 10.0. The molecule has 1 saturated carbocycles. The summed E-state index contributed by atoms with van der Waals surface area (Å²) in [6.45, 7) is 0. The third-order valence-electron chi connectivity index (χ3n) is 2.27. The van der Waals surface area contributed by atoms with Crippen LogP contribution < -0.4 is 0 Å². The Kier molecular flexibility index (Phi) is 3.86. The second-order valence-corrected chi connectivity index (χ2v) is 4.72. The molecule has 0 aromatic heterocycles. The molecule has 0 bridgehead atoms. The van der Waals surface area contributed by atoms with Crippen molar-refractivity contribution >= 4 is 32.8 Å². The van der Waals surface area contributed by atoms with Crippen LogP contribution in [0.3, 0.4) is 0 Å². The number of carbonyl (C=O) groups excluding carboxylic acids is 1. The largest absolute Gasteiger partial charge is 0.281 e. The second-order valence-electron chi connectivity index (χ2n) is 3.12. The van der Waals surface area contributed by atoms with Gasteiger partial charge in [0.25, 0.3) is 0 Å². The van der Waals surface area contributed by atoms with E-state index in [9.17, 15) is 4.79 Å². The number of rotatable bonds is 3. The van der Waals surface area contributed by atoms with Crippen LogP contribution >= 0.6 is 27.5 Å². The van der Waals surface area contributed by atoms with Gasteiger partial charge in [-0.2, -0.15) is 0 Å². The smallest absolute Gasteiger partial charge is 0.222 e. The molecule has 1 atom stereocenters. The van der Waals surface area contributed by atoms with Gasteiger partial charge in [-0.05, 0) is 30.4 Å². The molecule has 1 rings (SSSR count). The van der Waals surface area contributed by atoms with Crippen molar-refractivity contribution in [1.29, 1.82) is 0 Å². The molecule has 0 aromatic rings. The van der Waals surface area contributed by atoms with Gasteiger partial charge in [0, 0.05) is 11.2 Å². The topological polar surface area (TPSA) is 17.1 Å². The van der Waals surface area contributed by atoms with Crippen LogP contribution in [0, 0.1) is 5.92 Å². The van der Waals surface area contributed by atoms with Gasteiger partial charge in [-0.25, -0.2) is 0 Å². The third-order valence-corrected chi connectivity index (χ3v) is 3.49. The molecule has 0 radical (unpaired) electrons. The molecule has 0 saturated heterocycles. The first-order valence-corrected chi connectivity index (χ1v) is 5.32. The zero-order valence-corrected chi connectivity index (χ0v) is 8.70. The molecule has 3 heteroatoms. The molecule has 64 valence electrons. The Morgan fingerprint density at radius 3 is 2.55 bits per heavy atom. The molecule has 0 aromatic carbocycles. The van der Waals surface area contributed by atoms with Gasteiger partial charge in [0.15, 0.2) is 0 Å². The molecule has 1 aliphatic carbocycles. The summed E-state index contributed by atoms with van der Waals surface area (Å²) >= 11 is 8.78. The van der Waals surface area contributed by atoms with E-state index in [4.69, 9.17) is 11.6 Å². The first-order valence-electron chi connectivity index (χ1n) is 4.02. The van der Waals surface area contributed by atoms with Crippen LogP contribution in [0.1, 0.15) is 32.1 Å². The highest BCUT2D eigenvalue weighted by molar-refractivity contribution is 9.09. The molecular weight excluding hydrogens is 227 g/mol. The Hall–Kier alpha value is 0.440. The van der Waals surface area contributed by atoms with Crippen molar-refractivity contribution in [1.82, 2.24) is 0 Å². The van der Waals surface area contributed by atoms with Gasteiger partial charge in [0.05, 0.1) is 0 Å². The molecule has 0 heterocycles. The molecule has 0 amide bonds. The minimum atomic E-state index is -0.223. The summed E-state index contributed by atoms with van der Waals surface area (Å²) in [5.74, 6) is 0.678. The quantitative estimate of drug-likeness (QED) is 0.546. The monoisotopic (exact) mass is 238 g/mol. The lowest BCUT2D eigenvalue weighted by Gasteiger charge is -2.13. The molecule has 0 aliphatic heterocycles. The summed E-state index contributed by atoms with van der Waals surface area (Å²) in [5.41, 5.74) is 0. The highest BCUT2D eigenvalue weighted by Crippen LogP contribution is 2.33. The average molecular weight is 240 g/mol. The Balaban J connectivity index is 2.28. The molecule has 1 unspecified atom stereocenters. The van der Waals surface area contributed by atoms with Gasteiger partial charge in [0.1, 0.15) is 0 Å². The number of hydrogen-bond acceptors (Lipinski definition) is 1. The lowest BCUT2D eigenvalue weighted by Crippen LogP contribution is -2.13. The molecule has 11 heavy (non-hydrogen) atoms. The zero-order valence-electron chi connectivity index (χ0n) is 6.35. The van der Waals surface area contributed by atoms with Gasteiger partial charge in [-0.15, -0.1) is 0 Å². The minimum Gasteiger partial charge on any atom is -0.281 e. The summed E-state index contributed by atoms with van der Waals surface area (Å²) < 4.78 is 0.